The number of nitrogens with one attached hydrogen (secondary N) is 3. The summed E-state index contributed by atoms with van der Waals surface area (Å²) in [6.45, 7) is 0. The molecular formula is C22H14ClFN4O3. The third-order valence-electron chi connectivity index (χ3n) is 5.23. The predicted molar refractivity (Wildman–Crippen MR) is 114 cm³/mol. The molecule has 0 spiro atoms. The topological polar surface area (TPSA) is 96.0 Å². The van der Waals surface area contributed by atoms with E-state index < -0.39 is 23.4 Å². The monoisotopic (exact) mass is 436 g/mol. The number of hydrogen-bond acceptors (Lipinski definition) is 3. The number of benzene rings is 3. The lowest BCUT2D eigenvalue weighted by Crippen LogP contribution is -2.24. The van der Waals surface area contributed by atoms with Crippen molar-refractivity contribution >= 4 is 40.1 Å². The molecule has 3 N–H and O–H groups in total. The quantitative estimate of drug-likeness (QED) is 0.442. The molecule has 1 aliphatic rings. The van der Waals surface area contributed by atoms with E-state index in [2.05, 4.69) is 15.7 Å². The summed E-state index contributed by atoms with van der Waals surface area (Å²) < 4.78 is 15.0. The highest BCUT2D eigenvalue weighted by Crippen LogP contribution is 2.39. The Kier molecular flexibility index (Phi) is 4.37. The normalized spacial score (nSPS) is 15.0. The van der Waals surface area contributed by atoms with Gasteiger partial charge in [-0.1, -0.05) is 29.8 Å². The molecule has 0 bridgehead atoms. The van der Waals surface area contributed by atoms with Crippen LogP contribution in [-0.4, -0.2) is 21.7 Å². The Morgan fingerprint density at radius 1 is 1.06 bits per heavy atom. The number of anilines is 1. The minimum absolute atomic E-state index is 0.279. The van der Waals surface area contributed by atoms with Crippen molar-refractivity contribution in [2.75, 3.05) is 5.32 Å². The molecule has 0 saturated heterocycles. The highest BCUT2D eigenvalue weighted by atomic mass is 35.5. The summed E-state index contributed by atoms with van der Waals surface area (Å²) in [6.07, 6.45) is 0. The summed E-state index contributed by atoms with van der Waals surface area (Å²) in [6, 6.07) is 14.1. The lowest BCUT2D eigenvalue weighted by atomic mass is 9.96. The molecule has 154 valence electrons. The Morgan fingerprint density at radius 2 is 1.87 bits per heavy atom. The number of halogens is 2. The molecule has 0 radical (unpaired) electrons. The number of amides is 2. The molecule has 5 rings (SSSR count). The van der Waals surface area contributed by atoms with Crippen LogP contribution in [-0.2, 0) is 0 Å². The van der Waals surface area contributed by atoms with E-state index >= 15 is 0 Å². The van der Waals surface area contributed by atoms with Crippen molar-refractivity contribution in [3.63, 3.8) is 0 Å². The van der Waals surface area contributed by atoms with Crippen molar-refractivity contribution in [1.29, 1.82) is 0 Å². The van der Waals surface area contributed by atoms with Crippen LogP contribution in [0.3, 0.4) is 0 Å². The number of H-pyrrole nitrogens is 1. The minimum atomic E-state index is -0.748. The molecule has 0 aliphatic carbocycles. The number of para-hydroxylation sites is 1. The number of fused-ring (bicyclic) bond motifs is 2. The van der Waals surface area contributed by atoms with Crippen LogP contribution in [0.2, 0.25) is 5.02 Å². The van der Waals surface area contributed by atoms with Gasteiger partial charge in [0.05, 0.1) is 16.9 Å². The van der Waals surface area contributed by atoms with E-state index in [0.717, 1.165) is 4.68 Å². The highest BCUT2D eigenvalue weighted by Gasteiger charge is 2.34. The first-order chi connectivity index (χ1) is 14.9. The molecule has 2 heterocycles. The molecule has 3 aromatic carbocycles. The zero-order chi connectivity index (χ0) is 21.7. The zero-order valence-electron chi connectivity index (χ0n) is 15.8. The average Bonchev–Trinajstić information content (AvgIpc) is 3.28. The van der Waals surface area contributed by atoms with E-state index in [1.165, 1.54) is 18.2 Å². The van der Waals surface area contributed by atoms with Crippen molar-refractivity contribution in [3.05, 3.63) is 98.5 Å². The SMILES string of the molecule is O=C1NC(c2cc(F)ccc2Cl)c2c(NC(=O)n3[nH]c(=O)c4ccccc43)cccc21. The second-order valence-electron chi connectivity index (χ2n) is 7.06. The standard InChI is InChI=1S/C22H14ClFN4O3/c23-15-9-8-11(24)10-14(15)19-18-13(20(29)26-19)5-3-6-16(18)25-22(31)28-17-7-2-1-4-12(17)21(30)27-28/h1-10,19H,(H,25,31)(H,26,29)(H,27,30). The molecule has 0 saturated carbocycles. The van der Waals surface area contributed by atoms with Crippen molar-refractivity contribution in [2.24, 2.45) is 0 Å². The van der Waals surface area contributed by atoms with Gasteiger partial charge in [0.2, 0.25) is 0 Å². The van der Waals surface area contributed by atoms with Crippen LogP contribution in [0.4, 0.5) is 14.9 Å². The van der Waals surface area contributed by atoms with Gasteiger partial charge in [-0.05, 0) is 42.5 Å². The van der Waals surface area contributed by atoms with Gasteiger partial charge in [0.15, 0.2) is 0 Å². The maximum absolute atomic E-state index is 13.9. The van der Waals surface area contributed by atoms with Crippen LogP contribution in [0.1, 0.15) is 27.5 Å². The van der Waals surface area contributed by atoms with Crippen molar-refractivity contribution < 1.29 is 14.0 Å². The van der Waals surface area contributed by atoms with E-state index in [1.54, 1.807) is 42.5 Å². The van der Waals surface area contributed by atoms with E-state index in [4.69, 9.17) is 11.6 Å². The lowest BCUT2D eigenvalue weighted by Gasteiger charge is -2.18. The molecule has 31 heavy (non-hydrogen) atoms. The summed E-state index contributed by atoms with van der Waals surface area (Å²) in [5, 5.41) is 8.68. The summed E-state index contributed by atoms with van der Waals surface area (Å²) in [7, 11) is 0. The Bertz CT molecular complexity index is 1440. The van der Waals surface area contributed by atoms with Gasteiger partial charge in [0, 0.05) is 27.4 Å². The molecule has 1 unspecified atom stereocenters. The lowest BCUT2D eigenvalue weighted by molar-refractivity contribution is 0.0960. The average molecular weight is 437 g/mol. The van der Waals surface area contributed by atoms with Crippen LogP contribution in [0.15, 0.2) is 65.5 Å². The van der Waals surface area contributed by atoms with E-state index in [0.29, 0.717) is 33.3 Å². The summed E-state index contributed by atoms with van der Waals surface area (Å²) in [5.74, 6) is -0.865. The van der Waals surface area contributed by atoms with Gasteiger partial charge in [-0.25, -0.2) is 13.9 Å². The molecule has 2 amide bonds. The number of aromatic nitrogens is 2. The van der Waals surface area contributed by atoms with Gasteiger partial charge in [0.1, 0.15) is 5.82 Å². The van der Waals surface area contributed by atoms with Gasteiger partial charge in [0.25, 0.3) is 11.5 Å². The van der Waals surface area contributed by atoms with Crippen molar-refractivity contribution in [2.45, 2.75) is 6.04 Å². The zero-order valence-corrected chi connectivity index (χ0v) is 16.5. The summed E-state index contributed by atoms with van der Waals surface area (Å²) >= 11 is 6.26. The molecule has 0 fully saturated rings. The van der Waals surface area contributed by atoms with Gasteiger partial charge in [-0.15, -0.1) is 0 Å². The Balaban J connectivity index is 1.59. The number of carbonyl (C=O) groups excluding carboxylic acids is 2. The van der Waals surface area contributed by atoms with E-state index in [-0.39, 0.29) is 10.9 Å². The fraction of sp³-hybridized carbons (Fsp3) is 0.0455. The molecule has 7 nitrogen and oxygen atoms in total. The van der Waals surface area contributed by atoms with Gasteiger partial charge in [-0.2, -0.15) is 0 Å². The first-order valence-corrected chi connectivity index (χ1v) is 9.71. The smallest absolute Gasteiger partial charge is 0.341 e. The first kappa shape index (κ1) is 19.1. The van der Waals surface area contributed by atoms with Crippen LogP contribution < -0.4 is 16.2 Å². The van der Waals surface area contributed by atoms with Crippen molar-refractivity contribution in [1.82, 2.24) is 15.1 Å². The van der Waals surface area contributed by atoms with Crippen LogP contribution in [0.25, 0.3) is 10.9 Å². The molecule has 1 aliphatic heterocycles. The molecule has 1 aromatic heterocycles. The molecular weight excluding hydrogens is 423 g/mol. The number of carbonyl (C=O) groups is 2. The first-order valence-electron chi connectivity index (χ1n) is 9.34. The Labute approximate surface area is 179 Å². The maximum atomic E-state index is 13.9. The summed E-state index contributed by atoms with van der Waals surface area (Å²) in [5.41, 5.74) is 1.53. The van der Waals surface area contributed by atoms with E-state index in [1.807, 2.05) is 0 Å². The highest BCUT2D eigenvalue weighted by molar-refractivity contribution is 6.31. The number of nitrogens with zero attached hydrogens (tertiary/aromatic N) is 1. The third kappa shape index (κ3) is 3.08. The molecule has 1 atom stereocenters. The third-order valence-corrected chi connectivity index (χ3v) is 5.58. The van der Waals surface area contributed by atoms with Crippen LogP contribution >= 0.6 is 11.6 Å². The van der Waals surface area contributed by atoms with Crippen LogP contribution in [0.5, 0.6) is 0 Å². The van der Waals surface area contributed by atoms with Crippen molar-refractivity contribution in [3.8, 4) is 0 Å². The van der Waals surface area contributed by atoms with Crippen LogP contribution in [0, 0.1) is 5.82 Å². The van der Waals surface area contributed by atoms with Gasteiger partial charge < -0.3 is 10.6 Å². The van der Waals surface area contributed by atoms with E-state index in [9.17, 15) is 18.8 Å². The number of aromatic amines is 1. The van der Waals surface area contributed by atoms with Gasteiger partial charge >= 0.3 is 6.03 Å². The fourth-order valence-corrected chi connectivity index (χ4v) is 4.07. The predicted octanol–water partition coefficient (Wildman–Crippen LogP) is 4.04. The fourth-order valence-electron chi connectivity index (χ4n) is 3.85. The molecule has 4 aromatic rings. The second kappa shape index (κ2) is 7.10. The number of rotatable bonds is 2. The second-order valence-corrected chi connectivity index (χ2v) is 7.47. The Morgan fingerprint density at radius 3 is 2.71 bits per heavy atom. The minimum Gasteiger partial charge on any atom is -0.341 e. The van der Waals surface area contributed by atoms with Gasteiger partial charge in [-0.3, -0.25) is 14.7 Å². The summed E-state index contributed by atoms with van der Waals surface area (Å²) in [4.78, 5) is 37.6. The Hall–Kier alpha value is -3.91. The number of hydrogen-bond donors (Lipinski definition) is 3. The molecule has 9 heteroatoms. The maximum Gasteiger partial charge on any atom is 0.345 e. The largest absolute Gasteiger partial charge is 0.345 e.